The minimum atomic E-state index is 0. The van der Waals surface area contributed by atoms with Crippen LogP contribution < -0.4 is 11.1 Å². The van der Waals surface area contributed by atoms with Gasteiger partial charge in [-0.15, -0.1) is 12.4 Å². The molecule has 20 heavy (non-hydrogen) atoms. The monoisotopic (exact) mass is 301 g/mol. The van der Waals surface area contributed by atoms with Crippen molar-refractivity contribution in [2.24, 2.45) is 17.6 Å². The summed E-state index contributed by atoms with van der Waals surface area (Å²) in [5.41, 5.74) is 6.22. The lowest BCUT2D eigenvalue weighted by Gasteiger charge is -2.29. The molecule has 0 aromatic heterocycles. The molecule has 3 unspecified atom stereocenters. The molecule has 3 rings (SSSR count). The zero-order valence-corrected chi connectivity index (χ0v) is 13.0. The van der Waals surface area contributed by atoms with Crippen LogP contribution in [0.25, 0.3) is 0 Å². The molecule has 2 aliphatic carbocycles. The predicted octanol–water partition coefficient (Wildman–Crippen LogP) is 1.53. The van der Waals surface area contributed by atoms with Gasteiger partial charge in [-0.05, 0) is 37.5 Å². The van der Waals surface area contributed by atoms with Crippen LogP contribution in [-0.4, -0.2) is 42.5 Å². The number of hydrogen-bond acceptors (Lipinski definition) is 3. The Morgan fingerprint density at radius 3 is 2.55 bits per heavy atom. The third kappa shape index (κ3) is 3.66. The second-order valence-corrected chi connectivity index (χ2v) is 6.76. The number of nitrogens with one attached hydrogen (secondary N) is 1. The average molecular weight is 302 g/mol. The molecule has 0 aromatic carbocycles. The van der Waals surface area contributed by atoms with Gasteiger partial charge in [-0.3, -0.25) is 9.69 Å². The van der Waals surface area contributed by atoms with Crippen molar-refractivity contribution in [3.63, 3.8) is 0 Å². The van der Waals surface area contributed by atoms with Gasteiger partial charge < -0.3 is 11.1 Å². The molecule has 3 atom stereocenters. The van der Waals surface area contributed by atoms with Gasteiger partial charge in [-0.2, -0.15) is 0 Å². The molecule has 3 aliphatic rings. The van der Waals surface area contributed by atoms with Crippen LogP contribution in [0.3, 0.4) is 0 Å². The zero-order chi connectivity index (χ0) is 13.2. The average Bonchev–Trinajstić information content (AvgIpc) is 2.98. The molecule has 0 aromatic rings. The SMILES string of the molecule is Cl.NC1CCCC2CN(CC(=O)NC3CCCC3)CC12. The second-order valence-electron chi connectivity index (χ2n) is 6.76. The lowest BCUT2D eigenvalue weighted by molar-refractivity contribution is -0.122. The van der Waals surface area contributed by atoms with Crippen molar-refractivity contribution in [2.45, 2.75) is 57.0 Å². The summed E-state index contributed by atoms with van der Waals surface area (Å²) in [6.45, 7) is 2.69. The van der Waals surface area contributed by atoms with Crippen LogP contribution in [0.5, 0.6) is 0 Å². The highest BCUT2D eigenvalue weighted by Gasteiger charge is 2.39. The van der Waals surface area contributed by atoms with E-state index in [4.69, 9.17) is 5.73 Å². The fourth-order valence-electron chi connectivity index (χ4n) is 4.28. The van der Waals surface area contributed by atoms with E-state index in [1.54, 1.807) is 0 Å². The Balaban J connectivity index is 0.00000147. The van der Waals surface area contributed by atoms with Crippen molar-refractivity contribution in [1.82, 2.24) is 10.2 Å². The maximum atomic E-state index is 12.1. The quantitative estimate of drug-likeness (QED) is 0.831. The summed E-state index contributed by atoms with van der Waals surface area (Å²) >= 11 is 0. The maximum Gasteiger partial charge on any atom is 0.234 e. The topological polar surface area (TPSA) is 58.4 Å². The van der Waals surface area contributed by atoms with Crippen LogP contribution in [0.15, 0.2) is 0 Å². The fourth-order valence-corrected chi connectivity index (χ4v) is 4.28. The van der Waals surface area contributed by atoms with Crippen molar-refractivity contribution >= 4 is 18.3 Å². The van der Waals surface area contributed by atoms with Crippen molar-refractivity contribution in [3.05, 3.63) is 0 Å². The molecule has 1 saturated heterocycles. The minimum Gasteiger partial charge on any atom is -0.352 e. The van der Waals surface area contributed by atoms with Crippen LogP contribution in [0.1, 0.15) is 44.9 Å². The highest BCUT2D eigenvalue weighted by atomic mass is 35.5. The first-order chi connectivity index (χ1) is 9.22. The molecule has 1 amide bonds. The van der Waals surface area contributed by atoms with Crippen molar-refractivity contribution in [1.29, 1.82) is 0 Å². The predicted molar refractivity (Wildman–Crippen MR) is 82.9 cm³/mol. The van der Waals surface area contributed by atoms with Gasteiger partial charge in [0.1, 0.15) is 0 Å². The Bertz CT molecular complexity index is 333. The van der Waals surface area contributed by atoms with Crippen LogP contribution in [0, 0.1) is 11.8 Å². The van der Waals surface area contributed by atoms with Crippen LogP contribution in [0.4, 0.5) is 0 Å². The first kappa shape index (κ1) is 16.1. The summed E-state index contributed by atoms with van der Waals surface area (Å²) in [4.78, 5) is 14.4. The second kappa shape index (κ2) is 7.10. The van der Waals surface area contributed by atoms with Crippen molar-refractivity contribution < 1.29 is 4.79 Å². The fraction of sp³-hybridized carbons (Fsp3) is 0.933. The van der Waals surface area contributed by atoms with Gasteiger partial charge in [0.25, 0.3) is 0 Å². The third-order valence-electron chi connectivity index (χ3n) is 5.32. The molecule has 0 spiro atoms. The Morgan fingerprint density at radius 1 is 1.10 bits per heavy atom. The van der Waals surface area contributed by atoms with Gasteiger partial charge in [0, 0.05) is 25.2 Å². The summed E-state index contributed by atoms with van der Waals surface area (Å²) in [6, 6.07) is 0.807. The van der Waals surface area contributed by atoms with E-state index in [0.29, 0.717) is 24.5 Å². The number of carbonyl (C=O) groups excluding carboxylic acids is 1. The van der Waals surface area contributed by atoms with E-state index >= 15 is 0 Å². The third-order valence-corrected chi connectivity index (χ3v) is 5.32. The molecule has 0 bridgehead atoms. The van der Waals surface area contributed by atoms with E-state index in [1.807, 2.05) is 0 Å². The van der Waals surface area contributed by atoms with Crippen molar-refractivity contribution in [2.75, 3.05) is 19.6 Å². The van der Waals surface area contributed by atoms with Crippen molar-refractivity contribution in [3.8, 4) is 0 Å². The molecule has 0 radical (unpaired) electrons. The zero-order valence-electron chi connectivity index (χ0n) is 12.2. The first-order valence-corrected chi connectivity index (χ1v) is 7.99. The maximum absolute atomic E-state index is 12.1. The molecule has 4 nitrogen and oxygen atoms in total. The lowest BCUT2D eigenvalue weighted by atomic mass is 9.78. The van der Waals surface area contributed by atoms with Gasteiger partial charge in [-0.1, -0.05) is 19.3 Å². The Morgan fingerprint density at radius 2 is 1.85 bits per heavy atom. The number of amides is 1. The highest BCUT2D eigenvalue weighted by Crippen LogP contribution is 2.35. The van der Waals surface area contributed by atoms with Gasteiger partial charge in [0.05, 0.1) is 6.54 Å². The number of nitrogens with two attached hydrogens (primary N) is 1. The molecule has 5 heteroatoms. The Kier molecular flexibility index (Phi) is 5.70. The van der Waals surface area contributed by atoms with E-state index in [2.05, 4.69) is 10.2 Å². The Labute approximate surface area is 128 Å². The Hall–Kier alpha value is -0.320. The summed E-state index contributed by atoms with van der Waals surface area (Å²) in [5.74, 6) is 1.59. The molecule has 3 N–H and O–H groups in total. The first-order valence-electron chi connectivity index (χ1n) is 7.99. The van der Waals surface area contributed by atoms with E-state index in [-0.39, 0.29) is 18.3 Å². The number of carbonyl (C=O) groups is 1. The highest BCUT2D eigenvalue weighted by molar-refractivity contribution is 5.85. The van der Waals surface area contributed by atoms with E-state index < -0.39 is 0 Å². The van der Waals surface area contributed by atoms with E-state index in [9.17, 15) is 4.79 Å². The molecule has 2 saturated carbocycles. The smallest absolute Gasteiger partial charge is 0.234 e. The number of hydrogen-bond donors (Lipinski definition) is 2. The summed E-state index contributed by atoms with van der Waals surface area (Å²) < 4.78 is 0. The largest absolute Gasteiger partial charge is 0.352 e. The lowest BCUT2D eigenvalue weighted by Crippen LogP contribution is -2.41. The summed E-state index contributed by atoms with van der Waals surface area (Å²) in [6.07, 6.45) is 8.62. The normalized spacial score (nSPS) is 34.5. The van der Waals surface area contributed by atoms with Gasteiger partial charge in [0.15, 0.2) is 0 Å². The number of halogens is 1. The minimum absolute atomic E-state index is 0. The van der Waals surface area contributed by atoms with Gasteiger partial charge in [-0.25, -0.2) is 0 Å². The molecular weight excluding hydrogens is 274 g/mol. The number of nitrogens with zero attached hydrogens (tertiary/aromatic N) is 1. The number of rotatable bonds is 3. The summed E-state index contributed by atoms with van der Waals surface area (Å²) in [5, 5.41) is 3.19. The van der Waals surface area contributed by atoms with Crippen LogP contribution >= 0.6 is 12.4 Å². The molecule has 1 aliphatic heterocycles. The van der Waals surface area contributed by atoms with Gasteiger partial charge >= 0.3 is 0 Å². The molecule has 3 fully saturated rings. The van der Waals surface area contributed by atoms with E-state index in [1.165, 1.54) is 44.9 Å². The molecule has 116 valence electrons. The molecular formula is C15H28ClN3O. The summed E-state index contributed by atoms with van der Waals surface area (Å²) in [7, 11) is 0. The van der Waals surface area contributed by atoms with Gasteiger partial charge in [0.2, 0.25) is 5.91 Å². The van der Waals surface area contributed by atoms with Crippen LogP contribution in [-0.2, 0) is 4.79 Å². The van der Waals surface area contributed by atoms with Crippen LogP contribution in [0.2, 0.25) is 0 Å². The van der Waals surface area contributed by atoms with E-state index in [0.717, 1.165) is 19.0 Å². The standard InChI is InChI=1S/C15H27N3O.ClH/c16-14-7-3-4-11-8-18(9-13(11)14)10-15(19)17-12-5-1-2-6-12;/h11-14H,1-10,16H2,(H,17,19);1H. The number of likely N-dealkylation sites (tertiary alicyclic amines) is 1. The number of fused-ring (bicyclic) bond motifs is 1. The molecule has 1 heterocycles.